The van der Waals surface area contributed by atoms with E-state index in [0.29, 0.717) is 0 Å². The molecule has 64 valence electrons. The van der Waals surface area contributed by atoms with Crippen molar-refractivity contribution in [1.82, 2.24) is 0 Å². The lowest BCUT2D eigenvalue weighted by molar-refractivity contribution is 1.43. The van der Waals surface area contributed by atoms with Crippen LogP contribution in [-0.4, -0.2) is 8.07 Å². The number of allylic oxidation sites excluding steroid dienone is 4. The molecule has 3 rings (SSSR count). The Labute approximate surface area is 79.6 Å². The van der Waals surface area contributed by atoms with Gasteiger partial charge in [0.15, 0.2) is 0 Å². The van der Waals surface area contributed by atoms with E-state index in [4.69, 9.17) is 0 Å². The fraction of sp³-hybridized carbons (Fsp3) is 0.167. The van der Waals surface area contributed by atoms with Crippen LogP contribution >= 0.6 is 0 Å². The smallest absolute Gasteiger partial charge is 0.0808 e. The molecule has 0 N–H and O–H groups in total. The van der Waals surface area contributed by atoms with Crippen molar-refractivity contribution < 1.29 is 0 Å². The van der Waals surface area contributed by atoms with Gasteiger partial charge in [0.2, 0.25) is 0 Å². The molecule has 0 amide bonds. The summed E-state index contributed by atoms with van der Waals surface area (Å²) < 4.78 is 0. The molecule has 1 aliphatic heterocycles. The van der Waals surface area contributed by atoms with Gasteiger partial charge in [0.05, 0.1) is 0 Å². The van der Waals surface area contributed by atoms with Crippen LogP contribution in [0.2, 0.25) is 6.55 Å². The summed E-state index contributed by atoms with van der Waals surface area (Å²) in [6.45, 7) is 2.46. The lowest BCUT2D eigenvalue weighted by Gasteiger charge is -2.05. The molecule has 0 radical (unpaired) electrons. The number of rotatable bonds is 1. The molecule has 1 aliphatic carbocycles. The molecule has 1 saturated heterocycles. The van der Waals surface area contributed by atoms with Crippen molar-refractivity contribution in [2.75, 3.05) is 0 Å². The van der Waals surface area contributed by atoms with Gasteiger partial charge in [-0.3, -0.25) is 0 Å². The van der Waals surface area contributed by atoms with Crippen LogP contribution < -0.4 is 5.19 Å². The normalized spacial score (nSPS) is 21.9. The summed E-state index contributed by atoms with van der Waals surface area (Å²) in [6, 6.07) is 11.0. The third-order valence-electron chi connectivity index (χ3n) is 3.30. The molecular weight excluding hydrogens is 172 g/mol. The van der Waals surface area contributed by atoms with E-state index in [1.54, 1.807) is 15.6 Å². The van der Waals surface area contributed by atoms with Crippen molar-refractivity contribution in [3.63, 3.8) is 0 Å². The van der Waals surface area contributed by atoms with Gasteiger partial charge in [0, 0.05) is 0 Å². The van der Waals surface area contributed by atoms with E-state index in [1.165, 1.54) is 6.42 Å². The molecule has 1 heteroatoms. The Balaban J connectivity index is 2.10. The van der Waals surface area contributed by atoms with E-state index in [9.17, 15) is 0 Å². The second-order valence-corrected chi connectivity index (χ2v) is 7.87. The first-order valence-corrected chi connectivity index (χ1v) is 7.30. The fourth-order valence-electron chi connectivity index (χ4n) is 2.43. The molecule has 1 fully saturated rings. The molecule has 0 atom stereocenters. The second-order valence-electron chi connectivity index (χ2n) is 3.96. The maximum absolute atomic E-state index is 2.46. The van der Waals surface area contributed by atoms with E-state index in [1.807, 2.05) is 0 Å². The van der Waals surface area contributed by atoms with Gasteiger partial charge >= 0.3 is 0 Å². The van der Waals surface area contributed by atoms with Crippen LogP contribution in [0.3, 0.4) is 0 Å². The maximum atomic E-state index is 2.46. The van der Waals surface area contributed by atoms with Crippen molar-refractivity contribution in [2.24, 2.45) is 0 Å². The lowest BCUT2D eigenvalue weighted by atomic mass is 10.4. The van der Waals surface area contributed by atoms with Gasteiger partial charge in [-0.05, 0) is 11.6 Å². The Morgan fingerprint density at radius 3 is 2.23 bits per heavy atom. The summed E-state index contributed by atoms with van der Waals surface area (Å²) in [4.78, 5) is 0. The van der Waals surface area contributed by atoms with Crippen LogP contribution in [0.5, 0.6) is 0 Å². The van der Waals surface area contributed by atoms with Gasteiger partial charge in [0.25, 0.3) is 0 Å². The average Bonchev–Trinajstić information content (AvgIpc) is 2.62. The molecular formula is C12H12Si. The topological polar surface area (TPSA) is 0 Å². The number of fused-ring (bicyclic) bond motifs is 1. The SMILES string of the molecule is C[Si]1(c2ccccc2)C2=CCC=C21. The maximum Gasteiger partial charge on any atom is 0.144 e. The zero-order valence-corrected chi connectivity index (χ0v) is 8.75. The molecule has 0 unspecified atom stereocenters. The highest BCUT2D eigenvalue weighted by Crippen LogP contribution is 2.49. The standard InChI is InChI=1S/C12H12Si/c1-13(10-6-3-2-4-7-10)11-8-5-9-12(11)13/h2-4,6-9H,5H2,1H3. The molecule has 1 heterocycles. The van der Waals surface area contributed by atoms with Gasteiger partial charge in [-0.2, -0.15) is 0 Å². The van der Waals surface area contributed by atoms with Crippen LogP contribution in [0.25, 0.3) is 0 Å². The summed E-state index contributed by atoms with van der Waals surface area (Å²) in [5.74, 6) is 0. The minimum absolute atomic E-state index is 1.18. The van der Waals surface area contributed by atoms with E-state index < -0.39 is 8.07 Å². The second kappa shape index (κ2) is 2.24. The van der Waals surface area contributed by atoms with E-state index in [2.05, 4.69) is 49.0 Å². The Hall–Kier alpha value is -1.08. The minimum Gasteiger partial charge on any atom is -0.0808 e. The quantitative estimate of drug-likeness (QED) is 0.588. The van der Waals surface area contributed by atoms with Crippen LogP contribution in [0.15, 0.2) is 52.9 Å². The predicted molar refractivity (Wildman–Crippen MR) is 58.5 cm³/mol. The van der Waals surface area contributed by atoms with E-state index in [-0.39, 0.29) is 0 Å². The van der Waals surface area contributed by atoms with Crippen molar-refractivity contribution in [2.45, 2.75) is 13.0 Å². The summed E-state index contributed by atoms with van der Waals surface area (Å²) in [7, 11) is -1.21. The van der Waals surface area contributed by atoms with E-state index in [0.717, 1.165) is 0 Å². The molecule has 2 aliphatic rings. The average molecular weight is 184 g/mol. The molecule has 0 aromatic heterocycles. The molecule has 0 spiro atoms. The van der Waals surface area contributed by atoms with Crippen molar-refractivity contribution >= 4 is 13.3 Å². The Morgan fingerprint density at radius 2 is 1.62 bits per heavy atom. The molecule has 0 nitrogen and oxygen atoms in total. The summed E-state index contributed by atoms with van der Waals surface area (Å²) in [5.41, 5.74) is 0. The van der Waals surface area contributed by atoms with Crippen molar-refractivity contribution in [3.05, 3.63) is 52.9 Å². The first-order valence-electron chi connectivity index (χ1n) is 4.80. The van der Waals surface area contributed by atoms with Crippen molar-refractivity contribution in [1.29, 1.82) is 0 Å². The number of hydrogen-bond acceptors (Lipinski definition) is 0. The molecule has 0 saturated carbocycles. The molecule has 1 aromatic rings. The first-order chi connectivity index (χ1) is 6.33. The van der Waals surface area contributed by atoms with Crippen LogP contribution in [0.1, 0.15) is 6.42 Å². The van der Waals surface area contributed by atoms with Gasteiger partial charge in [-0.25, -0.2) is 0 Å². The molecule has 0 bridgehead atoms. The predicted octanol–water partition coefficient (Wildman–Crippen LogP) is 2.32. The first kappa shape index (κ1) is 7.33. The largest absolute Gasteiger partial charge is 0.144 e. The van der Waals surface area contributed by atoms with Gasteiger partial charge in [-0.1, -0.05) is 59.4 Å². The minimum atomic E-state index is -1.21. The zero-order chi connectivity index (χ0) is 8.89. The monoisotopic (exact) mass is 184 g/mol. The van der Waals surface area contributed by atoms with Crippen LogP contribution in [0, 0.1) is 0 Å². The Kier molecular flexibility index (Phi) is 1.26. The summed E-state index contributed by atoms with van der Waals surface area (Å²) in [5, 5.41) is 4.96. The Bertz CT molecular complexity index is 394. The number of hydrogen-bond donors (Lipinski definition) is 0. The third-order valence-corrected chi connectivity index (χ3v) is 7.64. The molecule has 1 aromatic carbocycles. The summed E-state index contributed by atoms with van der Waals surface area (Å²) in [6.07, 6.45) is 6.00. The van der Waals surface area contributed by atoms with Gasteiger partial charge in [0.1, 0.15) is 8.07 Å². The lowest BCUT2D eigenvalue weighted by Crippen LogP contribution is -2.30. The highest BCUT2D eigenvalue weighted by Gasteiger charge is 2.54. The van der Waals surface area contributed by atoms with Gasteiger partial charge in [-0.15, -0.1) is 0 Å². The Morgan fingerprint density at radius 1 is 1.00 bits per heavy atom. The number of benzene rings is 1. The third kappa shape index (κ3) is 0.801. The van der Waals surface area contributed by atoms with Crippen molar-refractivity contribution in [3.8, 4) is 0 Å². The van der Waals surface area contributed by atoms with Crippen LogP contribution in [0.4, 0.5) is 0 Å². The van der Waals surface area contributed by atoms with E-state index >= 15 is 0 Å². The van der Waals surface area contributed by atoms with Crippen LogP contribution in [-0.2, 0) is 0 Å². The highest BCUT2D eigenvalue weighted by atomic mass is 28.3. The highest BCUT2D eigenvalue weighted by molar-refractivity contribution is 7.15. The summed E-state index contributed by atoms with van der Waals surface area (Å²) >= 11 is 0. The fourth-order valence-corrected chi connectivity index (χ4v) is 6.58. The molecule has 13 heavy (non-hydrogen) atoms. The van der Waals surface area contributed by atoms with Gasteiger partial charge < -0.3 is 0 Å². The zero-order valence-electron chi connectivity index (χ0n) is 7.75.